The van der Waals surface area contributed by atoms with Crippen molar-refractivity contribution in [3.8, 4) is 0 Å². The molecule has 0 aromatic carbocycles. The van der Waals surface area contributed by atoms with Gasteiger partial charge in [0.25, 0.3) is 0 Å². The summed E-state index contributed by atoms with van der Waals surface area (Å²) in [4.78, 5) is 11.2. The molecule has 1 aliphatic rings. The van der Waals surface area contributed by atoms with Crippen LogP contribution < -0.4 is 5.32 Å². The van der Waals surface area contributed by atoms with Crippen molar-refractivity contribution in [1.29, 1.82) is 0 Å². The van der Waals surface area contributed by atoms with E-state index in [1.807, 2.05) is 6.92 Å². The number of aliphatic hydroxyl groups excluding tert-OH is 3. The molecule has 1 saturated heterocycles. The number of hydrogen-bond donors (Lipinski definition) is 4. The van der Waals surface area contributed by atoms with Gasteiger partial charge in [-0.25, -0.2) is 0 Å². The zero-order valence-electron chi connectivity index (χ0n) is 13.5. The first-order valence-corrected chi connectivity index (χ1v) is 7.67. The van der Waals surface area contributed by atoms with Crippen molar-refractivity contribution in [1.82, 2.24) is 5.32 Å². The van der Waals surface area contributed by atoms with Crippen molar-refractivity contribution in [3.63, 3.8) is 0 Å². The van der Waals surface area contributed by atoms with E-state index >= 15 is 0 Å². The van der Waals surface area contributed by atoms with E-state index in [0.717, 1.165) is 0 Å². The van der Waals surface area contributed by atoms with Crippen LogP contribution in [0.4, 0.5) is 0 Å². The molecule has 0 radical (unpaired) electrons. The lowest BCUT2D eigenvalue weighted by molar-refractivity contribution is -0.272. The summed E-state index contributed by atoms with van der Waals surface area (Å²) in [6.45, 7) is 4.68. The van der Waals surface area contributed by atoms with E-state index < -0.39 is 43.2 Å². The Hall–Kier alpha value is -0.810. The summed E-state index contributed by atoms with van der Waals surface area (Å²) in [5.74, 6) is -0.395. The highest BCUT2D eigenvalue weighted by molar-refractivity contribution is 5.73. The summed E-state index contributed by atoms with van der Waals surface area (Å²) in [6, 6.07) is -0.936. The lowest BCUT2D eigenvalue weighted by atomic mass is 9.97. The van der Waals surface area contributed by atoms with Crippen LogP contribution in [-0.2, 0) is 23.7 Å². The van der Waals surface area contributed by atoms with Gasteiger partial charge in [0.05, 0.1) is 33.0 Å². The molecule has 1 heterocycles. The standard InChI is InChI=1S/C14H27NO8/c1-3-20-4-5-21-6-7-22-14-11(15-9(2)17)13(19)12(18)10(8-16)23-14/h10-14,16,18-19H,3-8H2,1-2H3,(H,15,17)/t10?,11-,12-,13+,14?/m0/s1. The van der Waals surface area contributed by atoms with E-state index in [1.54, 1.807) is 0 Å². The zero-order valence-corrected chi connectivity index (χ0v) is 13.5. The van der Waals surface area contributed by atoms with Gasteiger partial charge < -0.3 is 39.6 Å². The molecule has 9 nitrogen and oxygen atoms in total. The van der Waals surface area contributed by atoms with Gasteiger partial charge in [0.1, 0.15) is 24.4 Å². The molecule has 0 aromatic rings. The third kappa shape index (κ3) is 6.68. The summed E-state index contributed by atoms with van der Waals surface area (Å²) >= 11 is 0. The van der Waals surface area contributed by atoms with Crippen LogP contribution in [0.25, 0.3) is 0 Å². The van der Waals surface area contributed by atoms with Crippen molar-refractivity contribution in [2.75, 3.05) is 39.6 Å². The molecule has 1 aliphatic heterocycles. The van der Waals surface area contributed by atoms with Crippen LogP contribution >= 0.6 is 0 Å². The molecule has 9 heteroatoms. The molecule has 2 unspecified atom stereocenters. The predicted octanol–water partition coefficient (Wildman–Crippen LogP) is -2.00. The second-order valence-electron chi connectivity index (χ2n) is 5.11. The Morgan fingerprint density at radius 1 is 1.13 bits per heavy atom. The minimum atomic E-state index is -1.32. The smallest absolute Gasteiger partial charge is 0.217 e. The summed E-state index contributed by atoms with van der Waals surface area (Å²) in [5.41, 5.74) is 0. The molecule has 23 heavy (non-hydrogen) atoms. The first-order valence-electron chi connectivity index (χ1n) is 7.67. The molecule has 136 valence electrons. The predicted molar refractivity (Wildman–Crippen MR) is 78.6 cm³/mol. The highest BCUT2D eigenvalue weighted by atomic mass is 16.7. The second kappa shape index (κ2) is 10.9. The topological polar surface area (TPSA) is 127 Å². The molecule has 1 rings (SSSR count). The largest absolute Gasteiger partial charge is 0.394 e. The maximum absolute atomic E-state index is 11.2. The number of nitrogens with one attached hydrogen (secondary N) is 1. The van der Waals surface area contributed by atoms with Gasteiger partial charge in [0.15, 0.2) is 6.29 Å². The Morgan fingerprint density at radius 2 is 1.78 bits per heavy atom. The van der Waals surface area contributed by atoms with Crippen LogP contribution in [0.1, 0.15) is 13.8 Å². The lowest BCUT2D eigenvalue weighted by Gasteiger charge is -2.42. The minimum Gasteiger partial charge on any atom is -0.394 e. The van der Waals surface area contributed by atoms with Gasteiger partial charge in [-0.05, 0) is 6.92 Å². The number of hydrogen-bond acceptors (Lipinski definition) is 8. The molecule has 5 atom stereocenters. The lowest BCUT2D eigenvalue weighted by Crippen LogP contribution is -2.64. The van der Waals surface area contributed by atoms with E-state index in [2.05, 4.69) is 5.32 Å². The summed E-state index contributed by atoms with van der Waals surface area (Å²) in [5, 5.41) is 31.6. The van der Waals surface area contributed by atoms with Crippen molar-refractivity contribution in [2.45, 2.75) is 44.5 Å². The molecule has 0 aromatic heterocycles. The molecular weight excluding hydrogens is 310 g/mol. The quantitative estimate of drug-likeness (QED) is 0.337. The number of rotatable bonds is 10. The van der Waals surface area contributed by atoms with E-state index in [1.165, 1.54) is 6.92 Å². The molecule has 4 N–H and O–H groups in total. The maximum Gasteiger partial charge on any atom is 0.217 e. The van der Waals surface area contributed by atoms with E-state index in [0.29, 0.717) is 19.8 Å². The van der Waals surface area contributed by atoms with Crippen molar-refractivity contribution in [3.05, 3.63) is 0 Å². The molecule has 0 spiro atoms. The van der Waals surface area contributed by atoms with Crippen LogP contribution in [0.15, 0.2) is 0 Å². The molecule has 1 fully saturated rings. The van der Waals surface area contributed by atoms with Crippen molar-refractivity contribution >= 4 is 5.91 Å². The fourth-order valence-corrected chi connectivity index (χ4v) is 2.20. The normalized spacial score (nSPS) is 31.1. The Morgan fingerprint density at radius 3 is 2.39 bits per heavy atom. The Balaban J connectivity index is 2.45. The zero-order chi connectivity index (χ0) is 17.2. The first-order chi connectivity index (χ1) is 11.0. The molecule has 0 aliphatic carbocycles. The van der Waals surface area contributed by atoms with E-state index in [4.69, 9.17) is 18.9 Å². The fraction of sp³-hybridized carbons (Fsp3) is 0.929. The first kappa shape index (κ1) is 20.2. The molecule has 1 amide bonds. The number of ether oxygens (including phenoxy) is 4. The number of amides is 1. The van der Waals surface area contributed by atoms with Crippen LogP contribution in [0.3, 0.4) is 0 Å². The minimum absolute atomic E-state index is 0.161. The van der Waals surface area contributed by atoms with Gasteiger partial charge in [-0.2, -0.15) is 0 Å². The third-order valence-corrected chi connectivity index (χ3v) is 3.34. The number of carbonyl (C=O) groups is 1. The van der Waals surface area contributed by atoms with Gasteiger partial charge in [0, 0.05) is 13.5 Å². The van der Waals surface area contributed by atoms with Gasteiger partial charge >= 0.3 is 0 Å². The van der Waals surface area contributed by atoms with Crippen LogP contribution in [0.5, 0.6) is 0 Å². The molecule has 0 bridgehead atoms. The van der Waals surface area contributed by atoms with Crippen LogP contribution in [-0.4, -0.2) is 91.5 Å². The average molecular weight is 337 g/mol. The summed E-state index contributed by atoms with van der Waals surface area (Å²) in [6.07, 6.45) is -4.61. The number of carbonyl (C=O) groups excluding carboxylic acids is 1. The maximum atomic E-state index is 11.2. The average Bonchev–Trinajstić information content (AvgIpc) is 2.52. The summed E-state index contributed by atoms with van der Waals surface area (Å²) < 4.78 is 21.3. The third-order valence-electron chi connectivity index (χ3n) is 3.34. The molecular formula is C14H27NO8. The van der Waals surface area contributed by atoms with E-state index in [-0.39, 0.29) is 13.2 Å². The highest BCUT2D eigenvalue weighted by Crippen LogP contribution is 2.22. The van der Waals surface area contributed by atoms with Crippen LogP contribution in [0.2, 0.25) is 0 Å². The highest BCUT2D eigenvalue weighted by Gasteiger charge is 2.45. The number of aliphatic hydroxyl groups is 3. The van der Waals surface area contributed by atoms with Crippen molar-refractivity contribution in [2.24, 2.45) is 0 Å². The van der Waals surface area contributed by atoms with E-state index in [9.17, 15) is 20.1 Å². The van der Waals surface area contributed by atoms with Crippen LogP contribution in [0, 0.1) is 0 Å². The second-order valence-corrected chi connectivity index (χ2v) is 5.11. The Bertz CT molecular complexity index is 343. The van der Waals surface area contributed by atoms with Gasteiger partial charge in [0.2, 0.25) is 5.91 Å². The molecule has 0 saturated carbocycles. The summed E-state index contributed by atoms with van der Waals surface area (Å²) in [7, 11) is 0. The van der Waals surface area contributed by atoms with Gasteiger partial charge in [-0.1, -0.05) is 0 Å². The Labute approximate surface area is 135 Å². The monoisotopic (exact) mass is 337 g/mol. The van der Waals surface area contributed by atoms with Gasteiger partial charge in [-0.3, -0.25) is 4.79 Å². The fourth-order valence-electron chi connectivity index (χ4n) is 2.20. The van der Waals surface area contributed by atoms with Gasteiger partial charge in [-0.15, -0.1) is 0 Å². The SMILES string of the molecule is CCOCCOCCOC1OC(CO)[C@H](O)[C@H](O)[C@@H]1NC(C)=O. The van der Waals surface area contributed by atoms with Crippen molar-refractivity contribution < 1.29 is 39.1 Å². The Kier molecular flexibility index (Phi) is 9.56.